The molecule has 0 aromatic heterocycles. The summed E-state index contributed by atoms with van der Waals surface area (Å²) < 4.78 is 0. The predicted molar refractivity (Wildman–Crippen MR) is 80.1 cm³/mol. The highest BCUT2D eigenvalue weighted by atomic mass is 14.9. The fourth-order valence-corrected chi connectivity index (χ4v) is 3.27. The first-order chi connectivity index (χ1) is 9.34. The third kappa shape index (κ3) is 1.39. The van der Waals surface area contributed by atoms with Crippen molar-refractivity contribution in [3.63, 3.8) is 0 Å². The van der Waals surface area contributed by atoms with E-state index in [0.717, 1.165) is 0 Å². The van der Waals surface area contributed by atoms with Crippen LogP contribution >= 0.6 is 0 Å². The maximum absolute atomic E-state index is 4.81. The summed E-state index contributed by atoms with van der Waals surface area (Å²) in [6, 6.07) is 0. The highest BCUT2D eigenvalue weighted by Crippen LogP contribution is 2.48. The topological polar surface area (TPSA) is 12.4 Å². The number of hydrogen-bond donors (Lipinski definition) is 0. The summed E-state index contributed by atoms with van der Waals surface area (Å²) in [6.07, 6.45) is 30.4. The van der Waals surface area contributed by atoms with E-state index in [0.29, 0.717) is 5.92 Å². The van der Waals surface area contributed by atoms with Gasteiger partial charge in [-0.1, -0.05) is 66.8 Å². The number of fused-ring (bicyclic) bond motifs is 1. The van der Waals surface area contributed by atoms with Crippen molar-refractivity contribution < 1.29 is 0 Å². The zero-order chi connectivity index (χ0) is 12.8. The van der Waals surface area contributed by atoms with Crippen LogP contribution in [0.25, 0.3) is 0 Å². The highest BCUT2D eigenvalue weighted by molar-refractivity contribution is 5.76. The minimum Gasteiger partial charge on any atom is -0.277 e. The molecule has 4 aliphatic rings. The van der Waals surface area contributed by atoms with E-state index in [1.54, 1.807) is 0 Å². The van der Waals surface area contributed by atoms with E-state index in [1.165, 1.54) is 5.57 Å². The molecule has 0 saturated heterocycles. The van der Waals surface area contributed by atoms with E-state index in [-0.39, 0.29) is 11.0 Å². The molecule has 0 aromatic rings. The third-order valence-electron chi connectivity index (χ3n) is 4.34. The van der Waals surface area contributed by atoms with Crippen LogP contribution in [0.3, 0.4) is 0 Å². The predicted octanol–water partition coefficient (Wildman–Crippen LogP) is 3.72. The Morgan fingerprint density at radius 3 is 2.74 bits per heavy atom. The van der Waals surface area contributed by atoms with Crippen molar-refractivity contribution in [3.05, 3.63) is 84.6 Å². The molecule has 0 aromatic carbocycles. The Morgan fingerprint density at radius 1 is 0.842 bits per heavy atom. The zero-order valence-corrected chi connectivity index (χ0v) is 10.6. The lowest BCUT2D eigenvalue weighted by atomic mass is 9.66. The van der Waals surface area contributed by atoms with E-state index in [1.807, 2.05) is 12.3 Å². The first kappa shape index (κ1) is 10.7. The molecule has 3 atom stereocenters. The largest absolute Gasteiger partial charge is 0.277 e. The molecule has 0 spiro atoms. The molecule has 0 bridgehead atoms. The van der Waals surface area contributed by atoms with Gasteiger partial charge in [-0.3, -0.25) is 4.99 Å². The summed E-state index contributed by atoms with van der Waals surface area (Å²) in [5, 5.41) is 0. The molecule has 4 rings (SSSR count). The van der Waals surface area contributed by atoms with Crippen molar-refractivity contribution in [2.45, 2.75) is 5.54 Å². The number of dihydropyridines is 1. The Hall–Kier alpha value is -2.15. The van der Waals surface area contributed by atoms with E-state index in [9.17, 15) is 0 Å². The van der Waals surface area contributed by atoms with Gasteiger partial charge in [0.2, 0.25) is 0 Å². The van der Waals surface area contributed by atoms with Gasteiger partial charge < -0.3 is 0 Å². The van der Waals surface area contributed by atoms with Crippen molar-refractivity contribution in [1.29, 1.82) is 0 Å². The quantitative estimate of drug-likeness (QED) is 0.577. The van der Waals surface area contributed by atoms with Gasteiger partial charge in [-0.05, 0) is 17.7 Å². The highest BCUT2D eigenvalue weighted by Gasteiger charge is 2.46. The van der Waals surface area contributed by atoms with Crippen LogP contribution in [0.1, 0.15) is 0 Å². The van der Waals surface area contributed by atoms with Crippen LogP contribution in [0.2, 0.25) is 0 Å². The fourth-order valence-electron chi connectivity index (χ4n) is 3.27. The van der Waals surface area contributed by atoms with Crippen LogP contribution in [0.15, 0.2) is 89.6 Å². The second-order valence-corrected chi connectivity index (χ2v) is 5.39. The Morgan fingerprint density at radius 2 is 1.74 bits per heavy atom. The van der Waals surface area contributed by atoms with Gasteiger partial charge >= 0.3 is 0 Å². The molecule has 3 unspecified atom stereocenters. The summed E-state index contributed by atoms with van der Waals surface area (Å²) >= 11 is 0. The van der Waals surface area contributed by atoms with E-state index < -0.39 is 0 Å². The lowest BCUT2D eigenvalue weighted by Crippen LogP contribution is -2.42. The first-order valence-electron chi connectivity index (χ1n) is 6.71. The standard InChI is InChI=1S/C18H15N/c1-2-7-16-14-18-11-4-3-9-17(18,10-5-13-19-18)12-8-15(16)6-1/h1-15H. The second kappa shape index (κ2) is 3.67. The molecule has 1 nitrogen and oxygen atoms in total. The average molecular weight is 245 g/mol. The summed E-state index contributed by atoms with van der Waals surface area (Å²) in [5.74, 6) is 0.368. The normalized spacial score (nSPS) is 40.4. The van der Waals surface area contributed by atoms with Gasteiger partial charge in [-0.25, -0.2) is 0 Å². The van der Waals surface area contributed by atoms with Crippen molar-refractivity contribution in [3.8, 4) is 0 Å². The van der Waals surface area contributed by atoms with Crippen LogP contribution in [0.5, 0.6) is 0 Å². The van der Waals surface area contributed by atoms with Crippen molar-refractivity contribution in [1.82, 2.24) is 0 Å². The lowest BCUT2D eigenvalue weighted by molar-refractivity contribution is 0.438. The molecule has 0 N–H and O–H groups in total. The van der Waals surface area contributed by atoms with Crippen molar-refractivity contribution in [2.75, 3.05) is 0 Å². The number of rotatable bonds is 0. The summed E-state index contributed by atoms with van der Waals surface area (Å²) in [5.41, 5.74) is 0.878. The molecule has 92 valence electrons. The van der Waals surface area contributed by atoms with Gasteiger partial charge in [0.15, 0.2) is 0 Å². The Labute approximate surface area is 113 Å². The van der Waals surface area contributed by atoms with Crippen molar-refractivity contribution >= 4 is 6.21 Å². The van der Waals surface area contributed by atoms with Gasteiger partial charge in [-0.15, -0.1) is 0 Å². The van der Waals surface area contributed by atoms with Crippen LogP contribution in [-0.2, 0) is 0 Å². The zero-order valence-electron chi connectivity index (χ0n) is 10.6. The van der Waals surface area contributed by atoms with Gasteiger partial charge in [0.05, 0.1) is 5.41 Å². The third-order valence-corrected chi connectivity index (χ3v) is 4.34. The van der Waals surface area contributed by atoms with Crippen LogP contribution in [-0.4, -0.2) is 11.8 Å². The van der Waals surface area contributed by atoms with Crippen LogP contribution < -0.4 is 0 Å². The monoisotopic (exact) mass is 245 g/mol. The Balaban J connectivity index is 1.99. The number of allylic oxidation sites excluding steroid dienone is 9. The summed E-state index contributed by atoms with van der Waals surface area (Å²) in [4.78, 5) is 4.81. The SMILES string of the molecule is C1=CC2=CC34C=CC=CC3(C=CC=N4)C=CC2C=C1. The minimum absolute atomic E-state index is 0.150. The van der Waals surface area contributed by atoms with Gasteiger partial charge in [0.25, 0.3) is 0 Å². The van der Waals surface area contributed by atoms with Crippen molar-refractivity contribution in [2.24, 2.45) is 16.3 Å². The van der Waals surface area contributed by atoms with Crippen LogP contribution in [0.4, 0.5) is 0 Å². The summed E-state index contributed by atoms with van der Waals surface area (Å²) in [7, 11) is 0. The molecule has 1 aliphatic heterocycles. The fraction of sp³-hybridized carbons (Fsp3) is 0.167. The van der Waals surface area contributed by atoms with Crippen LogP contribution in [0, 0.1) is 11.3 Å². The molecule has 1 heteroatoms. The summed E-state index contributed by atoms with van der Waals surface area (Å²) in [6.45, 7) is 0. The van der Waals surface area contributed by atoms with E-state index >= 15 is 0 Å². The first-order valence-corrected chi connectivity index (χ1v) is 6.71. The number of hydrogen-bond acceptors (Lipinski definition) is 1. The minimum atomic E-state index is -0.299. The molecular formula is C18H15N. The molecule has 0 radical (unpaired) electrons. The Bertz CT molecular complexity index is 623. The number of nitrogens with zero attached hydrogens (tertiary/aromatic N) is 1. The van der Waals surface area contributed by atoms with E-state index in [4.69, 9.17) is 4.99 Å². The molecule has 3 aliphatic carbocycles. The maximum Gasteiger partial charge on any atom is 0.114 e. The molecule has 0 fully saturated rings. The van der Waals surface area contributed by atoms with Gasteiger partial charge in [-0.2, -0.15) is 0 Å². The van der Waals surface area contributed by atoms with Gasteiger partial charge in [0, 0.05) is 12.1 Å². The Kier molecular flexibility index (Phi) is 2.08. The van der Waals surface area contributed by atoms with E-state index in [2.05, 4.69) is 72.9 Å². The second-order valence-electron chi connectivity index (χ2n) is 5.39. The molecule has 19 heavy (non-hydrogen) atoms. The van der Waals surface area contributed by atoms with Gasteiger partial charge in [0.1, 0.15) is 5.54 Å². The molecule has 0 saturated carbocycles. The lowest BCUT2D eigenvalue weighted by Gasteiger charge is -2.42. The number of aliphatic imine (C=N–C) groups is 1. The molecular weight excluding hydrogens is 230 g/mol. The maximum atomic E-state index is 4.81. The molecule has 0 amide bonds. The smallest absolute Gasteiger partial charge is 0.114 e. The molecule has 1 heterocycles. The average Bonchev–Trinajstić information content (AvgIpc) is 2.61.